The molecule has 2 aliphatic rings. The van der Waals surface area contributed by atoms with Crippen molar-refractivity contribution >= 4 is 11.9 Å². The van der Waals surface area contributed by atoms with E-state index in [-0.39, 0.29) is 5.92 Å². The van der Waals surface area contributed by atoms with Crippen LogP contribution in [-0.4, -0.2) is 46.2 Å². The van der Waals surface area contributed by atoms with Crippen LogP contribution in [0.25, 0.3) is 0 Å². The summed E-state index contributed by atoms with van der Waals surface area (Å²) in [7, 11) is 0. The van der Waals surface area contributed by atoms with Gasteiger partial charge in [0.15, 0.2) is 0 Å². The number of fused-ring (bicyclic) bond motifs is 2. The first kappa shape index (κ1) is 24.7. The van der Waals surface area contributed by atoms with Gasteiger partial charge in [0.2, 0.25) is 5.60 Å². The van der Waals surface area contributed by atoms with E-state index in [0.29, 0.717) is 11.8 Å². The Morgan fingerprint density at radius 3 is 1.83 bits per heavy atom. The Kier molecular flexibility index (Phi) is 6.24. The van der Waals surface area contributed by atoms with Crippen LogP contribution in [0.4, 0.5) is 26.3 Å². The van der Waals surface area contributed by atoms with Crippen LogP contribution < -0.4 is 0 Å². The van der Waals surface area contributed by atoms with Gasteiger partial charge in [0, 0.05) is 5.92 Å². The molecule has 2 bridgehead atoms. The van der Waals surface area contributed by atoms with E-state index in [4.69, 9.17) is 9.84 Å². The van der Waals surface area contributed by atoms with E-state index in [2.05, 4.69) is 4.74 Å². The average Bonchev–Trinajstić information content (AvgIpc) is 3.14. The largest absolute Gasteiger partial charge is 0.456 e. The quantitative estimate of drug-likeness (QED) is 0.484. The molecule has 0 radical (unpaired) electrons. The Balaban J connectivity index is 2.05. The number of alkyl halides is 6. The monoisotopic (exact) mass is 448 g/mol. The zero-order valence-electron chi connectivity index (χ0n) is 17.1. The molecule has 30 heavy (non-hydrogen) atoms. The van der Waals surface area contributed by atoms with Gasteiger partial charge < -0.3 is 14.6 Å². The van der Waals surface area contributed by atoms with Crippen LogP contribution >= 0.6 is 0 Å². The molecule has 11 heteroatoms. The summed E-state index contributed by atoms with van der Waals surface area (Å²) in [5, 5.41) is 9.11. The molecule has 1 N–H and O–H groups in total. The number of carbonyl (C=O) groups is 2. The first-order valence-electron chi connectivity index (χ1n) is 9.61. The summed E-state index contributed by atoms with van der Waals surface area (Å²) < 4.78 is 86.6. The fraction of sp³-hybridized carbons (Fsp3) is 0.895. The molecule has 0 spiro atoms. The predicted molar refractivity (Wildman–Crippen MR) is 91.0 cm³/mol. The van der Waals surface area contributed by atoms with Crippen LogP contribution in [0, 0.1) is 17.8 Å². The molecule has 3 atom stereocenters. The van der Waals surface area contributed by atoms with Crippen LogP contribution in [-0.2, 0) is 19.1 Å². The molecular weight excluding hydrogens is 422 g/mol. The Morgan fingerprint density at radius 1 is 0.900 bits per heavy atom. The maximum atomic E-state index is 12.8. The van der Waals surface area contributed by atoms with E-state index < -0.39 is 47.5 Å². The van der Waals surface area contributed by atoms with E-state index in [1.807, 2.05) is 0 Å². The minimum Gasteiger partial charge on any atom is -0.456 e. The second-order valence-electron chi connectivity index (χ2n) is 9.29. The predicted octanol–water partition coefficient (Wildman–Crippen LogP) is 4.31. The van der Waals surface area contributed by atoms with Crippen LogP contribution in [0.2, 0.25) is 0 Å². The van der Waals surface area contributed by atoms with Gasteiger partial charge in [0.1, 0.15) is 5.60 Å². The summed E-state index contributed by atoms with van der Waals surface area (Å²) in [5.74, 6) is -2.14. The number of hydrogen-bond donors (Lipinski definition) is 1. The lowest BCUT2D eigenvalue weighted by molar-refractivity contribution is -0.368. The number of rotatable bonds is 6. The lowest BCUT2D eigenvalue weighted by Gasteiger charge is -2.39. The van der Waals surface area contributed by atoms with Crippen molar-refractivity contribution in [3.8, 4) is 0 Å². The third kappa shape index (κ3) is 4.70. The molecule has 0 aliphatic heterocycles. The van der Waals surface area contributed by atoms with Crippen molar-refractivity contribution < 1.29 is 50.5 Å². The van der Waals surface area contributed by atoms with E-state index in [1.54, 1.807) is 13.8 Å². The van der Waals surface area contributed by atoms with Gasteiger partial charge in [-0.1, -0.05) is 6.42 Å². The average molecular weight is 448 g/mol. The Morgan fingerprint density at radius 2 is 1.43 bits per heavy atom. The molecule has 3 unspecified atom stereocenters. The van der Waals surface area contributed by atoms with Gasteiger partial charge in [0.05, 0.1) is 6.42 Å². The maximum Gasteiger partial charge on any atom is 0.426 e. The van der Waals surface area contributed by atoms with E-state index >= 15 is 0 Å². The summed E-state index contributed by atoms with van der Waals surface area (Å²) in [4.78, 5) is 24.3. The van der Waals surface area contributed by atoms with Crippen molar-refractivity contribution in [1.82, 2.24) is 0 Å². The number of halogens is 6. The van der Waals surface area contributed by atoms with E-state index in [0.717, 1.165) is 39.5 Å². The van der Waals surface area contributed by atoms with Crippen molar-refractivity contribution in [2.75, 3.05) is 0 Å². The number of hydrogen-bond acceptors (Lipinski definition) is 5. The molecule has 5 nitrogen and oxygen atoms in total. The van der Waals surface area contributed by atoms with Gasteiger partial charge in [-0.15, -0.1) is 0 Å². The van der Waals surface area contributed by atoms with Crippen molar-refractivity contribution in [1.29, 1.82) is 0 Å². The lowest BCUT2D eigenvalue weighted by Crippen LogP contribution is -2.58. The van der Waals surface area contributed by atoms with Gasteiger partial charge in [-0.3, -0.25) is 4.79 Å². The Bertz CT molecular complexity index is 668. The highest BCUT2D eigenvalue weighted by Crippen LogP contribution is 2.53. The zero-order chi connectivity index (χ0) is 23.3. The highest BCUT2D eigenvalue weighted by molar-refractivity contribution is 5.83. The number of carbonyl (C=O) groups excluding carboxylic acids is 2. The smallest absolute Gasteiger partial charge is 0.426 e. The molecule has 2 saturated carbocycles. The highest BCUT2D eigenvalue weighted by Gasteiger charge is 2.71. The molecular formula is C19H26F6O5. The number of ether oxygens (including phenoxy) is 2. The first-order chi connectivity index (χ1) is 13.3. The Hall–Kier alpha value is -1.52. The van der Waals surface area contributed by atoms with Gasteiger partial charge >= 0.3 is 24.3 Å². The molecule has 0 amide bonds. The lowest BCUT2D eigenvalue weighted by atomic mass is 9.78. The SMILES string of the molecule is CC(C)(OC(=O)CC(O)(C(F)(F)F)C(F)(F)F)C(=O)OC(C)(C)C1CC2CCC1C2. The molecule has 0 aromatic rings. The summed E-state index contributed by atoms with van der Waals surface area (Å²) in [6, 6.07) is 0. The maximum absolute atomic E-state index is 12.8. The van der Waals surface area contributed by atoms with Gasteiger partial charge in [-0.25, -0.2) is 4.79 Å². The molecule has 2 aliphatic carbocycles. The molecule has 0 saturated heterocycles. The summed E-state index contributed by atoms with van der Waals surface area (Å²) >= 11 is 0. The molecule has 0 aromatic carbocycles. The van der Waals surface area contributed by atoms with Gasteiger partial charge in [0.25, 0.3) is 5.60 Å². The van der Waals surface area contributed by atoms with Crippen LogP contribution in [0.5, 0.6) is 0 Å². The van der Waals surface area contributed by atoms with Gasteiger partial charge in [-0.05, 0) is 58.8 Å². The minimum absolute atomic E-state index is 0.0623. The number of esters is 2. The van der Waals surface area contributed by atoms with Crippen LogP contribution in [0.15, 0.2) is 0 Å². The van der Waals surface area contributed by atoms with Crippen LogP contribution in [0.3, 0.4) is 0 Å². The standard InChI is InChI=1S/C19H26F6O5/c1-15(2,12-8-10-5-6-11(12)7-10)30-14(27)16(3,4)29-13(26)9-17(28,18(20,21)22)19(23,24)25/h10-12,28H,5-9H2,1-4H3. The van der Waals surface area contributed by atoms with Crippen molar-refractivity contribution in [3.63, 3.8) is 0 Å². The van der Waals surface area contributed by atoms with Crippen LogP contribution in [0.1, 0.15) is 59.8 Å². The van der Waals surface area contributed by atoms with E-state index in [9.17, 15) is 35.9 Å². The van der Waals surface area contributed by atoms with Crippen molar-refractivity contribution in [2.24, 2.45) is 17.8 Å². The Labute approximate surface area is 170 Å². The van der Waals surface area contributed by atoms with Crippen molar-refractivity contribution in [3.05, 3.63) is 0 Å². The van der Waals surface area contributed by atoms with E-state index in [1.165, 1.54) is 0 Å². The molecule has 0 heterocycles. The van der Waals surface area contributed by atoms with Gasteiger partial charge in [-0.2, -0.15) is 26.3 Å². The minimum atomic E-state index is -6.17. The first-order valence-corrected chi connectivity index (χ1v) is 9.61. The highest BCUT2D eigenvalue weighted by atomic mass is 19.4. The second-order valence-corrected chi connectivity index (χ2v) is 9.29. The molecule has 174 valence electrons. The molecule has 2 fully saturated rings. The summed E-state index contributed by atoms with van der Waals surface area (Å²) in [5.41, 5.74) is -8.39. The zero-order valence-corrected chi connectivity index (χ0v) is 17.1. The third-order valence-corrected chi connectivity index (χ3v) is 6.19. The fourth-order valence-corrected chi connectivity index (χ4v) is 4.47. The molecule has 0 aromatic heterocycles. The van der Waals surface area contributed by atoms with Crippen molar-refractivity contribution in [2.45, 2.75) is 89.0 Å². The summed E-state index contributed by atoms with van der Waals surface area (Å²) in [6.07, 6.45) is -10.8. The normalized spacial score (nSPS) is 25.4. The number of aliphatic hydroxyl groups is 1. The topological polar surface area (TPSA) is 72.8 Å². The third-order valence-electron chi connectivity index (χ3n) is 6.19. The fourth-order valence-electron chi connectivity index (χ4n) is 4.47. The summed E-state index contributed by atoms with van der Waals surface area (Å²) in [6.45, 7) is 5.37. The second kappa shape index (κ2) is 7.56. The molecule has 2 rings (SSSR count).